The van der Waals surface area contributed by atoms with E-state index in [1.54, 1.807) is 6.92 Å². The third kappa shape index (κ3) is 6.02. The molecular formula is C18H28N2O3. The van der Waals surface area contributed by atoms with Gasteiger partial charge in [0.05, 0.1) is 18.6 Å². The Morgan fingerprint density at radius 2 is 2.09 bits per heavy atom. The summed E-state index contributed by atoms with van der Waals surface area (Å²) >= 11 is 0. The van der Waals surface area contributed by atoms with Gasteiger partial charge in [0.1, 0.15) is 0 Å². The lowest BCUT2D eigenvalue weighted by atomic mass is 9.95. The van der Waals surface area contributed by atoms with Crippen LogP contribution in [0.3, 0.4) is 0 Å². The van der Waals surface area contributed by atoms with Crippen molar-refractivity contribution < 1.29 is 14.3 Å². The van der Waals surface area contributed by atoms with Crippen LogP contribution < -0.4 is 11.1 Å². The van der Waals surface area contributed by atoms with Gasteiger partial charge in [-0.2, -0.15) is 0 Å². The number of nitrogens with two attached hydrogens (primary N) is 1. The maximum Gasteiger partial charge on any atom is 0.310 e. The van der Waals surface area contributed by atoms with Crippen LogP contribution in [0.5, 0.6) is 0 Å². The molecule has 0 spiro atoms. The van der Waals surface area contributed by atoms with Crippen molar-refractivity contribution in [3.05, 3.63) is 35.4 Å². The minimum absolute atomic E-state index is 0.218. The number of methoxy groups -OCH3 is 1. The molecule has 5 heteroatoms. The van der Waals surface area contributed by atoms with Crippen molar-refractivity contribution in [3.63, 3.8) is 0 Å². The second kappa shape index (κ2) is 8.67. The van der Waals surface area contributed by atoms with Crippen LogP contribution in [0.15, 0.2) is 24.3 Å². The minimum atomic E-state index is -0.918. The topological polar surface area (TPSA) is 81.4 Å². The van der Waals surface area contributed by atoms with Gasteiger partial charge in [0.2, 0.25) is 5.91 Å². The first-order chi connectivity index (χ1) is 10.8. The molecule has 0 aliphatic heterocycles. The number of benzene rings is 1. The number of ether oxygens (including phenoxy) is 1. The summed E-state index contributed by atoms with van der Waals surface area (Å²) < 4.78 is 4.86. The lowest BCUT2D eigenvalue weighted by Crippen LogP contribution is -2.52. The van der Waals surface area contributed by atoms with E-state index in [0.717, 1.165) is 17.5 Å². The molecule has 0 radical (unpaired) electrons. The van der Waals surface area contributed by atoms with Gasteiger partial charge in [0.15, 0.2) is 0 Å². The Labute approximate surface area is 138 Å². The highest BCUT2D eigenvalue weighted by atomic mass is 16.5. The number of esters is 1. The molecule has 1 rings (SSSR count). The Kier molecular flexibility index (Phi) is 7.23. The van der Waals surface area contributed by atoms with Crippen LogP contribution in [0, 0.1) is 12.8 Å². The number of carbonyl (C=O) groups is 2. The Bertz CT molecular complexity index is 541. The predicted octanol–water partition coefficient (Wildman–Crippen LogP) is 1.96. The average molecular weight is 320 g/mol. The van der Waals surface area contributed by atoms with Gasteiger partial charge in [0.25, 0.3) is 0 Å². The van der Waals surface area contributed by atoms with Gasteiger partial charge in [-0.05, 0) is 32.3 Å². The van der Waals surface area contributed by atoms with Crippen molar-refractivity contribution in [3.8, 4) is 0 Å². The number of amides is 1. The number of hydrogen-bond acceptors (Lipinski definition) is 4. The van der Waals surface area contributed by atoms with Crippen LogP contribution in [0.2, 0.25) is 0 Å². The summed E-state index contributed by atoms with van der Waals surface area (Å²) in [5.74, 6) is -0.998. The second-order valence-corrected chi connectivity index (χ2v) is 6.29. The van der Waals surface area contributed by atoms with E-state index in [9.17, 15) is 9.59 Å². The number of hydrogen-bond donors (Lipinski definition) is 2. The summed E-state index contributed by atoms with van der Waals surface area (Å²) in [5.41, 5.74) is 7.26. The summed E-state index contributed by atoms with van der Waals surface area (Å²) in [6, 6.07) is 7.95. The Morgan fingerprint density at radius 3 is 2.65 bits per heavy atom. The standard InChI is InChI=1S/C18H28N2O3/c1-5-9-18(3,19)17(22)20-12-15(16(21)23-4)11-14-8-6-7-13(2)10-14/h6-8,10,15H,5,9,11-12,19H2,1-4H3,(H,20,22). The van der Waals surface area contributed by atoms with E-state index in [1.165, 1.54) is 7.11 Å². The molecule has 5 nitrogen and oxygen atoms in total. The third-order valence-corrected chi connectivity index (χ3v) is 3.90. The van der Waals surface area contributed by atoms with E-state index in [2.05, 4.69) is 5.32 Å². The summed E-state index contributed by atoms with van der Waals surface area (Å²) in [4.78, 5) is 24.2. The molecule has 0 heterocycles. The van der Waals surface area contributed by atoms with E-state index in [0.29, 0.717) is 12.8 Å². The molecule has 1 aromatic carbocycles. The van der Waals surface area contributed by atoms with Crippen molar-refractivity contribution in [2.45, 2.75) is 45.6 Å². The fourth-order valence-corrected chi connectivity index (χ4v) is 2.58. The van der Waals surface area contributed by atoms with Crippen LogP contribution in [-0.4, -0.2) is 31.1 Å². The van der Waals surface area contributed by atoms with Crippen molar-refractivity contribution in [1.82, 2.24) is 5.32 Å². The Hall–Kier alpha value is -1.88. The molecule has 128 valence electrons. The molecule has 0 aliphatic carbocycles. The zero-order chi connectivity index (χ0) is 17.5. The van der Waals surface area contributed by atoms with Crippen molar-refractivity contribution in [2.24, 2.45) is 11.7 Å². The first-order valence-corrected chi connectivity index (χ1v) is 8.00. The first kappa shape index (κ1) is 19.2. The smallest absolute Gasteiger partial charge is 0.310 e. The highest BCUT2D eigenvalue weighted by Gasteiger charge is 2.29. The van der Waals surface area contributed by atoms with Crippen LogP contribution in [0.1, 0.15) is 37.8 Å². The Balaban J connectivity index is 2.72. The van der Waals surface area contributed by atoms with Crippen molar-refractivity contribution >= 4 is 11.9 Å². The highest BCUT2D eigenvalue weighted by Crippen LogP contribution is 2.13. The van der Waals surface area contributed by atoms with E-state index in [-0.39, 0.29) is 18.4 Å². The molecule has 0 aromatic heterocycles. The van der Waals surface area contributed by atoms with Crippen LogP contribution >= 0.6 is 0 Å². The van der Waals surface area contributed by atoms with Gasteiger partial charge in [-0.15, -0.1) is 0 Å². The van der Waals surface area contributed by atoms with Crippen LogP contribution in [0.25, 0.3) is 0 Å². The number of aryl methyl sites for hydroxylation is 1. The largest absolute Gasteiger partial charge is 0.469 e. The quantitative estimate of drug-likeness (QED) is 0.718. The molecular weight excluding hydrogens is 292 g/mol. The summed E-state index contributed by atoms with van der Waals surface area (Å²) in [5, 5.41) is 2.79. The maximum absolute atomic E-state index is 12.2. The van der Waals surface area contributed by atoms with Gasteiger partial charge in [-0.25, -0.2) is 0 Å². The minimum Gasteiger partial charge on any atom is -0.469 e. The van der Waals surface area contributed by atoms with Crippen LogP contribution in [-0.2, 0) is 20.7 Å². The van der Waals surface area contributed by atoms with Crippen molar-refractivity contribution in [2.75, 3.05) is 13.7 Å². The van der Waals surface area contributed by atoms with Gasteiger partial charge in [-0.1, -0.05) is 43.2 Å². The maximum atomic E-state index is 12.2. The Morgan fingerprint density at radius 1 is 1.39 bits per heavy atom. The molecule has 0 fully saturated rings. The van der Waals surface area contributed by atoms with Gasteiger partial charge in [0, 0.05) is 6.54 Å². The molecule has 2 unspecified atom stereocenters. The SMILES string of the molecule is CCCC(C)(N)C(=O)NCC(Cc1cccc(C)c1)C(=O)OC. The van der Waals surface area contributed by atoms with Gasteiger partial charge < -0.3 is 15.8 Å². The fourth-order valence-electron chi connectivity index (χ4n) is 2.58. The first-order valence-electron chi connectivity index (χ1n) is 8.00. The van der Waals surface area contributed by atoms with E-state index < -0.39 is 11.5 Å². The molecule has 0 bridgehead atoms. The fraction of sp³-hybridized carbons (Fsp3) is 0.556. The molecule has 1 aromatic rings. The number of nitrogens with one attached hydrogen (secondary N) is 1. The lowest BCUT2D eigenvalue weighted by molar-refractivity contribution is -0.145. The molecule has 1 amide bonds. The lowest BCUT2D eigenvalue weighted by Gasteiger charge is -2.24. The monoisotopic (exact) mass is 320 g/mol. The third-order valence-electron chi connectivity index (χ3n) is 3.90. The van der Waals surface area contributed by atoms with E-state index >= 15 is 0 Å². The summed E-state index contributed by atoms with van der Waals surface area (Å²) in [6.07, 6.45) is 1.94. The van der Waals surface area contributed by atoms with Gasteiger partial charge in [-0.3, -0.25) is 9.59 Å². The van der Waals surface area contributed by atoms with Crippen molar-refractivity contribution in [1.29, 1.82) is 0 Å². The molecule has 0 saturated carbocycles. The molecule has 23 heavy (non-hydrogen) atoms. The summed E-state index contributed by atoms with van der Waals surface area (Å²) in [6.45, 7) is 5.91. The zero-order valence-electron chi connectivity index (χ0n) is 14.5. The average Bonchev–Trinajstić information content (AvgIpc) is 2.50. The van der Waals surface area contributed by atoms with Gasteiger partial charge >= 0.3 is 5.97 Å². The molecule has 3 N–H and O–H groups in total. The van der Waals surface area contributed by atoms with Crippen LogP contribution in [0.4, 0.5) is 0 Å². The number of rotatable bonds is 8. The summed E-state index contributed by atoms with van der Waals surface area (Å²) in [7, 11) is 1.36. The second-order valence-electron chi connectivity index (χ2n) is 6.29. The highest BCUT2D eigenvalue weighted by molar-refractivity contribution is 5.86. The molecule has 2 atom stereocenters. The number of carbonyl (C=O) groups excluding carboxylic acids is 2. The predicted molar refractivity (Wildman–Crippen MR) is 90.9 cm³/mol. The van der Waals surface area contributed by atoms with E-state index in [1.807, 2.05) is 38.1 Å². The molecule has 0 saturated heterocycles. The normalized spacial score (nSPS) is 14.7. The molecule has 0 aliphatic rings. The van der Waals surface area contributed by atoms with E-state index in [4.69, 9.17) is 10.5 Å². The zero-order valence-corrected chi connectivity index (χ0v) is 14.5.